The van der Waals surface area contributed by atoms with Gasteiger partial charge in [0.2, 0.25) is 0 Å². The molecule has 0 N–H and O–H groups in total. The number of benzene rings is 2. The van der Waals surface area contributed by atoms with Crippen molar-refractivity contribution in [2.75, 3.05) is 0 Å². The molecule has 0 saturated heterocycles. The second-order valence-electron chi connectivity index (χ2n) is 4.51. The van der Waals surface area contributed by atoms with Gasteiger partial charge in [-0.1, -0.05) is 18.2 Å². The summed E-state index contributed by atoms with van der Waals surface area (Å²) < 4.78 is 4.10. The van der Waals surface area contributed by atoms with Crippen LogP contribution >= 0.6 is 43.5 Å². The minimum Gasteiger partial charge on any atom is -0.293 e. The first-order chi connectivity index (χ1) is 9.63. The molecule has 0 aliphatic rings. The van der Waals surface area contributed by atoms with E-state index in [9.17, 15) is 0 Å². The third kappa shape index (κ3) is 2.20. The van der Waals surface area contributed by atoms with E-state index in [1.807, 2.05) is 24.3 Å². The van der Waals surface area contributed by atoms with Crippen LogP contribution < -0.4 is 0 Å². The summed E-state index contributed by atoms with van der Waals surface area (Å²) in [6.45, 7) is 2.06. The Hall–Kier alpha value is -0.840. The lowest BCUT2D eigenvalue weighted by molar-refractivity contribution is 0.972. The van der Waals surface area contributed by atoms with Crippen LogP contribution in [-0.2, 0) is 5.88 Å². The summed E-state index contributed by atoms with van der Waals surface area (Å²) in [5.41, 5.74) is 4.23. The number of para-hydroxylation sites is 2. The molecule has 0 amide bonds. The standard InChI is InChI=1S/C15H11Br2ClN2/c1-9-4-2-7-12-14(9)19-13(8-18)20(12)15-10(16)5-3-6-11(15)17/h2-7H,8H2,1H3. The summed E-state index contributed by atoms with van der Waals surface area (Å²) in [5.74, 6) is 1.20. The zero-order valence-corrected chi connectivity index (χ0v) is 14.6. The Labute approximate surface area is 139 Å². The molecule has 0 saturated carbocycles. The molecular formula is C15H11Br2ClN2. The predicted octanol–water partition coefficient (Wildman–Crippen LogP) is 5.60. The number of nitrogens with zero attached hydrogens (tertiary/aromatic N) is 2. The summed E-state index contributed by atoms with van der Waals surface area (Å²) in [5, 5.41) is 0. The van der Waals surface area contributed by atoms with Crippen molar-refractivity contribution in [3.8, 4) is 5.69 Å². The van der Waals surface area contributed by atoms with E-state index >= 15 is 0 Å². The fourth-order valence-corrected chi connectivity index (χ4v) is 3.86. The fraction of sp³-hybridized carbons (Fsp3) is 0.133. The van der Waals surface area contributed by atoms with E-state index in [1.165, 1.54) is 0 Å². The van der Waals surface area contributed by atoms with Crippen LogP contribution in [0.4, 0.5) is 0 Å². The van der Waals surface area contributed by atoms with Crippen LogP contribution in [0.15, 0.2) is 45.3 Å². The maximum Gasteiger partial charge on any atom is 0.129 e. The molecule has 102 valence electrons. The SMILES string of the molecule is Cc1cccc2c1nc(CCl)n2-c1c(Br)cccc1Br. The number of fused-ring (bicyclic) bond motifs is 1. The fourth-order valence-electron chi connectivity index (χ4n) is 2.33. The van der Waals surface area contributed by atoms with E-state index in [0.717, 1.165) is 37.1 Å². The lowest BCUT2D eigenvalue weighted by Gasteiger charge is -2.12. The molecule has 2 nitrogen and oxygen atoms in total. The third-order valence-corrected chi connectivity index (χ3v) is 4.76. The highest BCUT2D eigenvalue weighted by atomic mass is 79.9. The second kappa shape index (κ2) is 5.51. The first kappa shape index (κ1) is 14.1. The van der Waals surface area contributed by atoms with Gasteiger partial charge in [-0.2, -0.15) is 0 Å². The van der Waals surface area contributed by atoms with E-state index in [0.29, 0.717) is 5.88 Å². The molecule has 0 aliphatic carbocycles. The third-order valence-electron chi connectivity index (χ3n) is 3.24. The Balaban J connectivity index is 2.44. The lowest BCUT2D eigenvalue weighted by atomic mass is 10.2. The number of aromatic nitrogens is 2. The number of imidazole rings is 1. The molecule has 0 spiro atoms. The van der Waals surface area contributed by atoms with Gasteiger partial charge in [0, 0.05) is 8.95 Å². The average molecular weight is 415 g/mol. The van der Waals surface area contributed by atoms with Crippen molar-refractivity contribution in [1.82, 2.24) is 9.55 Å². The summed E-state index contributed by atoms with van der Waals surface area (Å²) in [7, 11) is 0. The van der Waals surface area contributed by atoms with Crippen molar-refractivity contribution in [3.63, 3.8) is 0 Å². The van der Waals surface area contributed by atoms with Crippen LogP contribution in [0.2, 0.25) is 0 Å². The van der Waals surface area contributed by atoms with Crippen molar-refractivity contribution >= 4 is 54.5 Å². The molecule has 0 fully saturated rings. The Morgan fingerprint density at radius 1 is 1.10 bits per heavy atom. The van der Waals surface area contributed by atoms with Crippen molar-refractivity contribution in [1.29, 1.82) is 0 Å². The Morgan fingerprint density at radius 2 is 1.75 bits per heavy atom. The molecule has 3 rings (SSSR count). The normalized spacial score (nSPS) is 11.2. The Kier molecular flexibility index (Phi) is 3.89. The number of alkyl halides is 1. The lowest BCUT2D eigenvalue weighted by Crippen LogP contribution is -2.01. The van der Waals surface area contributed by atoms with Gasteiger partial charge in [0.15, 0.2) is 0 Å². The van der Waals surface area contributed by atoms with E-state index in [1.54, 1.807) is 0 Å². The summed E-state index contributed by atoms with van der Waals surface area (Å²) in [6, 6.07) is 12.2. The Bertz CT molecular complexity index is 776. The van der Waals surface area contributed by atoms with Gasteiger partial charge in [-0.15, -0.1) is 11.6 Å². The summed E-state index contributed by atoms with van der Waals surface area (Å²) in [6.07, 6.45) is 0. The molecule has 1 heterocycles. The van der Waals surface area contributed by atoms with Crippen LogP contribution in [0.3, 0.4) is 0 Å². The predicted molar refractivity (Wildman–Crippen MR) is 90.8 cm³/mol. The molecular weight excluding hydrogens is 403 g/mol. The van der Waals surface area contributed by atoms with E-state index in [-0.39, 0.29) is 0 Å². The minimum absolute atomic E-state index is 0.363. The molecule has 3 aromatic rings. The van der Waals surface area contributed by atoms with Gasteiger partial charge in [-0.3, -0.25) is 4.57 Å². The number of hydrogen-bond donors (Lipinski definition) is 0. The summed E-state index contributed by atoms with van der Waals surface area (Å²) in [4.78, 5) is 4.68. The first-order valence-electron chi connectivity index (χ1n) is 6.10. The molecule has 0 radical (unpaired) electrons. The number of halogens is 3. The zero-order valence-electron chi connectivity index (χ0n) is 10.7. The minimum atomic E-state index is 0.363. The average Bonchev–Trinajstić information content (AvgIpc) is 2.79. The second-order valence-corrected chi connectivity index (χ2v) is 6.49. The Morgan fingerprint density at radius 3 is 2.40 bits per heavy atom. The molecule has 0 aliphatic heterocycles. The first-order valence-corrected chi connectivity index (χ1v) is 8.23. The molecule has 0 bridgehead atoms. The van der Waals surface area contributed by atoms with Crippen molar-refractivity contribution in [3.05, 3.63) is 56.7 Å². The topological polar surface area (TPSA) is 17.8 Å². The largest absolute Gasteiger partial charge is 0.293 e. The highest BCUT2D eigenvalue weighted by Gasteiger charge is 2.16. The number of aryl methyl sites for hydroxylation is 1. The molecule has 5 heteroatoms. The highest BCUT2D eigenvalue weighted by molar-refractivity contribution is 9.11. The molecule has 1 aromatic heterocycles. The van der Waals surface area contributed by atoms with Gasteiger partial charge in [0.1, 0.15) is 5.82 Å². The molecule has 2 aromatic carbocycles. The quantitative estimate of drug-likeness (QED) is 0.499. The number of hydrogen-bond acceptors (Lipinski definition) is 1. The van der Waals surface area contributed by atoms with Crippen LogP contribution in [0.1, 0.15) is 11.4 Å². The van der Waals surface area contributed by atoms with Crippen molar-refractivity contribution in [2.45, 2.75) is 12.8 Å². The van der Waals surface area contributed by atoms with Crippen molar-refractivity contribution in [2.24, 2.45) is 0 Å². The van der Waals surface area contributed by atoms with E-state index in [4.69, 9.17) is 11.6 Å². The monoisotopic (exact) mass is 412 g/mol. The summed E-state index contributed by atoms with van der Waals surface area (Å²) >= 11 is 13.3. The number of rotatable bonds is 2. The molecule has 0 atom stereocenters. The van der Waals surface area contributed by atoms with E-state index < -0.39 is 0 Å². The van der Waals surface area contributed by atoms with Crippen LogP contribution in [0.5, 0.6) is 0 Å². The molecule has 0 unspecified atom stereocenters. The highest BCUT2D eigenvalue weighted by Crippen LogP contribution is 2.34. The van der Waals surface area contributed by atoms with Gasteiger partial charge in [-0.25, -0.2) is 4.98 Å². The smallest absolute Gasteiger partial charge is 0.129 e. The van der Waals surface area contributed by atoms with Crippen molar-refractivity contribution < 1.29 is 0 Å². The van der Waals surface area contributed by atoms with Crippen LogP contribution in [0.25, 0.3) is 16.7 Å². The van der Waals surface area contributed by atoms with Crippen LogP contribution in [-0.4, -0.2) is 9.55 Å². The van der Waals surface area contributed by atoms with Crippen LogP contribution in [0, 0.1) is 6.92 Å². The van der Waals surface area contributed by atoms with Gasteiger partial charge >= 0.3 is 0 Å². The van der Waals surface area contributed by atoms with Gasteiger partial charge < -0.3 is 0 Å². The zero-order chi connectivity index (χ0) is 14.3. The maximum absolute atomic E-state index is 6.10. The van der Waals surface area contributed by atoms with E-state index in [2.05, 4.69) is 60.5 Å². The van der Waals surface area contributed by atoms with Gasteiger partial charge in [-0.05, 0) is 62.5 Å². The maximum atomic E-state index is 6.10. The van der Waals surface area contributed by atoms with Gasteiger partial charge in [0.05, 0.1) is 22.6 Å². The molecule has 20 heavy (non-hydrogen) atoms. The van der Waals surface area contributed by atoms with Gasteiger partial charge in [0.25, 0.3) is 0 Å².